The molecule has 0 fully saturated rings. The number of furan rings is 1. The van der Waals surface area contributed by atoms with Gasteiger partial charge in [-0.3, -0.25) is 9.59 Å². The van der Waals surface area contributed by atoms with Crippen molar-refractivity contribution in [3.8, 4) is 5.69 Å². The number of aliphatic carboxylic acids is 1. The molecule has 0 bridgehead atoms. The minimum Gasteiger partial charge on any atom is -0.481 e. The van der Waals surface area contributed by atoms with Crippen LogP contribution in [0.4, 0.5) is 0 Å². The molecule has 0 aliphatic heterocycles. The van der Waals surface area contributed by atoms with Crippen LogP contribution in [-0.4, -0.2) is 26.4 Å². The molecule has 2 aromatic carbocycles. The number of rotatable bonds is 6. The summed E-state index contributed by atoms with van der Waals surface area (Å²) in [4.78, 5) is 28.2. The van der Waals surface area contributed by atoms with Crippen LogP contribution < -0.4 is 0 Å². The molecule has 4 rings (SSSR count). The largest absolute Gasteiger partial charge is 0.481 e. The van der Waals surface area contributed by atoms with E-state index in [-0.39, 0.29) is 18.6 Å². The van der Waals surface area contributed by atoms with Crippen LogP contribution in [0.1, 0.15) is 28.1 Å². The molecule has 0 unspecified atom stereocenters. The normalized spacial score (nSPS) is 11.0. The first kappa shape index (κ1) is 16.8. The average Bonchev–Trinajstić information content (AvgIpc) is 3.33. The summed E-state index contributed by atoms with van der Waals surface area (Å²) in [5, 5.41) is 9.69. The monoisotopic (exact) mass is 360 g/mol. The third-order valence-corrected chi connectivity index (χ3v) is 4.38. The Morgan fingerprint density at radius 3 is 2.63 bits per heavy atom. The van der Waals surface area contributed by atoms with Gasteiger partial charge in [-0.25, -0.2) is 4.98 Å². The van der Waals surface area contributed by atoms with E-state index in [9.17, 15) is 9.59 Å². The highest BCUT2D eigenvalue weighted by atomic mass is 16.4. The highest BCUT2D eigenvalue weighted by Gasteiger charge is 2.23. The first-order valence-electron chi connectivity index (χ1n) is 8.49. The predicted octanol–water partition coefficient (Wildman–Crippen LogP) is 3.87. The lowest BCUT2D eigenvalue weighted by Gasteiger charge is -2.04. The SMILES string of the molecule is O=C(O)CCc1oc2ccc(-n3ccnc3)cc2c1C(=O)c1ccccc1. The van der Waals surface area contributed by atoms with Crippen molar-refractivity contribution in [2.45, 2.75) is 12.8 Å². The summed E-state index contributed by atoms with van der Waals surface area (Å²) in [5.74, 6) is -0.728. The zero-order valence-corrected chi connectivity index (χ0v) is 14.3. The molecule has 0 radical (unpaired) electrons. The molecule has 0 atom stereocenters. The molecular weight excluding hydrogens is 344 g/mol. The number of carboxylic acid groups (broad SMARTS) is 1. The number of hydrogen-bond donors (Lipinski definition) is 1. The summed E-state index contributed by atoms with van der Waals surface area (Å²) in [7, 11) is 0. The van der Waals surface area contributed by atoms with Gasteiger partial charge in [0.1, 0.15) is 11.3 Å². The van der Waals surface area contributed by atoms with E-state index in [1.165, 1.54) is 0 Å². The molecule has 1 N–H and O–H groups in total. The minimum absolute atomic E-state index is 0.108. The fraction of sp³-hybridized carbons (Fsp3) is 0.0952. The Hall–Kier alpha value is -3.67. The van der Waals surface area contributed by atoms with Gasteiger partial charge in [0.25, 0.3) is 0 Å². The van der Waals surface area contributed by atoms with Gasteiger partial charge in [-0.1, -0.05) is 30.3 Å². The quantitative estimate of drug-likeness (QED) is 0.528. The molecule has 6 heteroatoms. The maximum Gasteiger partial charge on any atom is 0.303 e. The Balaban J connectivity index is 1.88. The fourth-order valence-electron chi connectivity index (χ4n) is 3.09. The summed E-state index contributed by atoms with van der Waals surface area (Å²) < 4.78 is 7.69. The molecular formula is C21H16N2O4. The smallest absolute Gasteiger partial charge is 0.303 e. The second-order valence-corrected chi connectivity index (χ2v) is 6.14. The molecule has 2 aromatic heterocycles. The molecule has 0 spiro atoms. The molecule has 134 valence electrons. The van der Waals surface area contributed by atoms with E-state index in [2.05, 4.69) is 4.98 Å². The van der Waals surface area contributed by atoms with Crippen LogP contribution in [0.2, 0.25) is 0 Å². The summed E-state index contributed by atoms with van der Waals surface area (Å²) >= 11 is 0. The van der Waals surface area contributed by atoms with Crippen molar-refractivity contribution in [1.29, 1.82) is 0 Å². The van der Waals surface area contributed by atoms with Crippen LogP contribution in [0, 0.1) is 0 Å². The number of aromatic nitrogens is 2. The summed E-state index contributed by atoms with van der Waals surface area (Å²) in [6, 6.07) is 14.4. The summed E-state index contributed by atoms with van der Waals surface area (Å²) in [6.07, 6.45) is 5.20. The van der Waals surface area contributed by atoms with Crippen LogP contribution in [0.3, 0.4) is 0 Å². The number of carbonyl (C=O) groups is 2. The van der Waals surface area contributed by atoms with Crippen molar-refractivity contribution in [2.24, 2.45) is 0 Å². The molecule has 2 heterocycles. The molecule has 27 heavy (non-hydrogen) atoms. The molecule has 0 amide bonds. The van der Waals surface area contributed by atoms with Crippen molar-refractivity contribution in [3.05, 3.63) is 84.1 Å². The van der Waals surface area contributed by atoms with Crippen molar-refractivity contribution in [2.75, 3.05) is 0 Å². The van der Waals surface area contributed by atoms with Gasteiger partial charge in [-0.2, -0.15) is 0 Å². The highest BCUT2D eigenvalue weighted by molar-refractivity contribution is 6.17. The summed E-state index contributed by atoms with van der Waals surface area (Å²) in [6.45, 7) is 0. The van der Waals surface area contributed by atoms with Crippen LogP contribution in [0.15, 0.2) is 71.7 Å². The number of nitrogens with zero attached hydrogens (tertiary/aromatic N) is 2. The highest BCUT2D eigenvalue weighted by Crippen LogP contribution is 2.31. The predicted molar refractivity (Wildman–Crippen MR) is 99.2 cm³/mol. The van der Waals surface area contributed by atoms with Crippen LogP contribution in [0.5, 0.6) is 0 Å². The van der Waals surface area contributed by atoms with Crippen LogP contribution in [-0.2, 0) is 11.2 Å². The van der Waals surface area contributed by atoms with Gasteiger partial charge in [0, 0.05) is 35.5 Å². The fourth-order valence-corrected chi connectivity index (χ4v) is 3.09. The molecule has 0 aliphatic rings. The maximum atomic E-state index is 13.2. The third kappa shape index (κ3) is 3.25. The van der Waals surface area contributed by atoms with E-state index in [1.54, 1.807) is 42.9 Å². The van der Waals surface area contributed by atoms with E-state index in [0.717, 1.165) is 5.69 Å². The Morgan fingerprint density at radius 1 is 1.11 bits per heavy atom. The molecule has 4 aromatic rings. The Kier molecular flexibility index (Phi) is 4.30. The second-order valence-electron chi connectivity index (χ2n) is 6.14. The number of fused-ring (bicyclic) bond motifs is 1. The number of imidazole rings is 1. The van der Waals surface area contributed by atoms with Gasteiger partial charge in [0.15, 0.2) is 5.78 Å². The lowest BCUT2D eigenvalue weighted by atomic mass is 9.98. The number of ketones is 1. The van der Waals surface area contributed by atoms with Crippen molar-refractivity contribution >= 4 is 22.7 Å². The average molecular weight is 360 g/mol. The first-order chi connectivity index (χ1) is 13.1. The Bertz CT molecular complexity index is 1110. The number of carboxylic acids is 1. The third-order valence-electron chi connectivity index (χ3n) is 4.38. The van der Waals surface area contributed by atoms with E-state index in [4.69, 9.17) is 9.52 Å². The lowest BCUT2D eigenvalue weighted by Crippen LogP contribution is -2.05. The van der Waals surface area contributed by atoms with Crippen molar-refractivity contribution < 1.29 is 19.1 Å². The van der Waals surface area contributed by atoms with E-state index < -0.39 is 5.97 Å². The second kappa shape index (κ2) is 6.92. The molecule has 0 saturated heterocycles. The van der Waals surface area contributed by atoms with Crippen molar-refractivity contribution in [3.63, 3.8) is 0 Å². The van der Waals surface area contributed by atoms with E-state index >= 15 is 0 Å². The molecule has 6 nitrogen and oxygen atoms in total. The van der Waals surface area contributed by atoms with Gasteiger partial charge < -0.3 is 14.1 Å². The van der Waals surface area contributed by atoms with E-state index in [1.807, 2.05) is 29.0 Å². The molecule has 0 saturated carbocycles. The molecule has 0 aliphatic carbocycles. The van der Waals surface area contributed by atoms with Crippen LogP contribution in [0.25, 0.3) is 16.7 Å². The zero-order valence-electron chi connectivity index (χ0n) is 14.3. The topological polar surface area (TPSA) is 85.3 Å². The number of benzene rings is 2. The lowest BCUT2D eigenvalue weighted by molar-refractivity contribution is -0.137. The van der Waals surface area contributed by atoms with Gasteiger partial charge in [-0.05, 0) is 18.2 Å². The van der Waals surface area contributed by atoms with E-state index in [0.29, 0.717) is 27.9 Å². The summed E-state index contributed by atoms with van der Waals surface area (Å²) in [5.41, 5.74) is 2.34. The van der Waals surface area contributed by atoms with Gasteiger partial charge >= 0.3 is 5.97 Å². The Labute approximate surface area is 154 Å². The minimum atomic E-state index is -0.937. The Morgan fingerprint density at radius 2 is 1.93 bits per heavy atom. The van der Waals surface area contributed by atoms with Crippen molar-refractivity contribution in [1.82, 2.24) is 9.55 Å². The number of hydrogen-bond acceptors (Lipinski definition) is 4. The van der Waals surface area contributed by atoms with Gasteiger partial charge in [0.2, 0.25) is 0 Å². The van der Waals surface area contributed by atoms with Gasteiger partial charge in [-0.15, -0.1) is 0 Å². The number of aryl methyl sites for hydroxylation is 1. The maximum absolute atomic E-state index is 13.2. The van der Waals surface area contributed by atoms with Gasteiger partial charge in [0.05, 0.1) is 18.3 Å². The number of carbonyl (C=O) groups excluding carboxylic acids is 1. The first-order valence-corrected chi connectivity index (χ1v) is 8.49. The van der Waals surface area contributed by atoms with Crippen LogP contribution >= 0.6 is 0 Å². The standard InChI is InChI=1S/C21H16N2O4/c24-19(25)9-8-18-20(21(26)14-4-2-1-3-5-14)16-12-15(6-7-17(16)27-18)23-11-10-22-13-23/h1-7,10-13H,8-9H2,(H,24,25). The zero-order chi connectivity index (χ0) is 18.8.